The monoisotopic (exact) mass is 346 g/mol. The molecule has 0 spiro atoms. The van der Waals surface area contributed by atoms with Crippen LogP contribution in [0.4, 0.5) is 13.2 Å². The second kappa shape index (κ2) is 8.07. The molecule has 1 aliphatic heterocycles. The molecule has 2 rings (SSSR count). The van der Waals surface area contributed by atoms with Crippen molar-refractivity contribution in [2.24, 2.45) is 0 Å². The lowest BCUT2D eigenvalue weighted by atomic mass is 9.88. The molecule has 2 N–H and O–H groups in total. The van der Waals surface area contributed by atoms with Gasteiger partial charge in [-0.2, -0.15) is 13.2 Å². The van der Waals surface area contributed by atoms with E-state index in [0.29, 0.717) is 17.1 Å². The number of hydrogen-bond donors (Lipinski definition) is 2. The first-order valence-electron chi connectivity index (χ1n) is 8.18. The number of alkyl halides is 3. The summed E-state index contributed by atoms with van der Waals surface area (Å²) in [5.74, 6) is 1.38. The summed E-state index contributed by atoms with van der Waals surface area (Å²) in [6.07, 6.45) is -1.47. The zero-order chi connectivity index (χ0) is 17.7. The van der Waals surface area contributed by atoms with Crippen LogP contribution in [-0.4, -0.2) is 33.5 Å². The van der Waals surface area contributed by atoms with Gasteiger partial charge in [-0.15, -0.1) is 0 Å². The number of methoxy groups -OCH3 is 2. The van der Waals surface area contributed by atoms with E-state index in [-0.39, 0.29) is 12.6 Å². The third-order valence-electron chi connectivity index (χ3n) is 4.22. The Morgan fingerprint density at radius 3 is 2.62 bits per heavy atom. The molecule has 1 aromatic rings. The molecule has 1 heterocycles. The smallest absolute Gasteiger partial charge is 0.401 e. The lowest BCUT2D eigenvalue weighted by Crippen LogP contribution is -2.31. The van der Waals surface area contributed by atoms with E-state index < -0.39 is 12.7 Å². The topological polar surface area (TPSA) is 42.5 Å². The van der Waals surface area contributed by atoms with Crippen LogP contribution in [0, 0.1) is 0 Å². The van der Waals surface area contributed by atoms with E-state index in [1.807, 2.05) is 0 Å². The Morgan fingerprint density at radius 2 is 2.04 bits per heavy atom. The van der Waals surface area contributed by atoms with Crippen LogP contribution in [0.25, 0.3) is 0 Å². The quantitative estimate of drug-likeness (QED) is 0.795. The van der Waals surface area contributed by atoms with E-state index in [1.54, 1.807) is 20.3 Å². The molecule has 1 unspecified atom stereocenters. The van der Waals surface area contributed by atoms with E-state index in [1.165, 1.54) is 0 Å². The molecule has 24 heavy (non-hydrogen) atoms. The van der Waals surface area contributed by atoms with Crippen molar-refractivity contribution >= 4 is 0 Å². The van der Waals surface area contributed by atoms with E-state index in [0.717, 1.165) is 36.9 Å². The number of fused-ring (bicyclic) bond motifs is 1. The minimum Gasteiger partial charge on any atom is -0.496 e. The highest BCUT2D eigenvalue weighted by atomic mass is 19.4. The predicted octanol–water partition coefficient (Wildman–Crippen LogP) is 3.34. The summed E-state index contributed by atoms with van der Waals surface area (Å²) < 4.78 is 48.2. The largest absolute Gasteiger partial charge is 0.496 e. The first-order chi connectivity index (χ1) is 11.4. The minimum absolute atomic E-state index is 0.0815. The van der Waals surface area contributed by atoms with Gasteiger partial charge in [0.2, 0.25) is 0 Å². The molecule has 0 aliphatic carbocycles. The number of nitrogens with one attached hydrogen (secondary N) is 2. The number of ether oxygens (including phenoxy) is 2. The fourth-order valence-electron chi connectivity index (χ4n) is 3.30. The highest BCUT2D eigenvalue weighted by molar-refractivity contribution is 5.56. The van der Waals surface area contributed by atoms with Crippen molar-refractivity contribution in [3.8, 4) is 11.5 Å². The van der Waals surface area contributed by atoms with Gasteiger partial charge >= 0.3 is 6.18 Å². The second-order valence-electron chi connectivity index (χ2n) is 5.93. The highest BCUT2D eigenvalue weighted by Crippen LogP contribution is 2.41. The summed E-state index contributed by atoms with van der Waals surface area (Å²) in [4.78, 5) is 0. The van der Waals surface area contributed by atoms with Gasteiger partial charge in [-0.3, -0.25) is 0 Å². The fourth-order valence-corrected chi connectivity index (χ4v) is 3.30. The molecule has 0 bridgehead atoms. The zero-order valence-corrected chi connectivity index (χ0v) is 14.3. The van der Waals surface area contributed by atoms with Crippen LogP contribution in [0.5, 0.6) is 11.5 Å². The Bertz CT molecular complexity index is 562. The molecule has 0 radical (unpaired) electrons. The minimum atomic E-state index is -4.23. The number of halogens is 3. The van der Waals surface area contributed by atoms with Gasteiger partial charge in [0.05, 0.1) is 20.8 Å². The molecule has 1 aromatic carbocycles. The lowest BCUT2D eigenvalue weighted by molar-refractivity contribution is -0.125. The van der Waals surface area contributed by atoms with Gasteiger partial charge < -0.3 is 20.1 Å². The first-order valence-corrected chi connectivity index (χ1v) is 8.18. The van der Waals surface area contributed by atoms with E-state index in [4.69, 9.17) is 9.47 Å². The molecule has 4 nitrogen and oxygen atoms in total. The zero-order valence-electron chi connectivity index (χ0n) is 14.3. The number of hydrogen-bond acceptors (Lipinski definition) is 4. The van der Waals surface area contributed by atoms with Crippen LogP contribution >= 0.6 is 0 Å². The lowest BCUT2D eigenvalue weighted by Gasteiger charge is -2.31. The van der Waals surface area contributed by atoms with Crippen molar-refractivity contribution in [1.82, 2.24) is 10.6 Å². The van der Waals surface area contributed by atoms with Crippen LogP contribution in [0.1, 0.15) is 42.5 Å². The van der Waals surface area contributed by atoms with Crippen LogP contribution in [-0.2, 0) is 13.0 Å². The van der Waals surface area contributed by atoms with E-state index in [9.17, 15) is 13.2 Å². The Kier molecular flexibility index (Phi) is 6.34. The number of rotatable bonds is 7. The third-order valence-corrected chi connectivity index (χ3v) is 4.22. The molecule has 0 amide bonds. The molecule has 0 aromatic heterocycles. The maximum absolute atomic E-state index is 12.4. The normalized spacial score (nSPS) is 17.5. The summed E-state index contributed by atoms with van der Waals surface area (Å²) in [6, 6.07) is 1.97. The molecule has 1 atom stereocenters. The molecule has 136 valence electrons. The first kappa shape index (κ1) is 18.9. The fraction of sp³-hybridized carbons (Fsp3) is 0.647. The summed E-state index contributed by atoms with van der Waals surface area (Å²) >= 11 is 0. The molecular weight excluding hydrogens is 321 g/mol. The Labute approximate surface area is 140 Å². The Morgan fingerprint density at radius 1 is 1.29 bits per heavy atom. The van der Waals surface area contributed by atoms with Crippen molar-refractivity contribution in [2.45, 2.75) is 44.9 Å². The van der Waals surface area contributed by atoms with Gasteiger partial charge in [-0.25, -0.2) is 0 Å². The molecule has 7 heteroatoms. The Balaban J connectivity index is 2.36. The summed E-state index contributed by atoms with van der Waals surface area (Å²) in [7, 11) is 3.15. The second-order valence-corrected chi connectivity index (χ2v) is 5.93. The van der Waals surface area contributed by atoms with Gasteiger partial charge in [-0.1, -0.05) is 13.3 Å². The standard InChI is InChI=1S/C17H25F3N2O2/c1-4-5-13-15-12(6-7-22-13)16(24-3)11(8-14(15)23-2)9-21-10-17(18,19)20/h8,13,21-22H,4-7,9-10H2,1-3H3. The molecule has 0 fully saturated rings. The predicted molar refractivity (Wildman–Crippen MR) is 86.7 cm³/mol. The van der Waals surface area contributed by atoms with Crippen LogP contribution in [0.2, 0.25) is 0 Å². The third kappa shape index (κ3) is 4.33. The molecule has 0 saturated heterocycles. The molecule has 1 aliphatic rings. The highest BCUT2D eigenvalue weighted by Gasteiger charge is 2.29. The van der Waals surface area contributed by atoms with Crippen LogP contribution in [0.15, 0.2) is 6.07 Å². The van der Waals surface area contributed by atoms with E-state index >= 15 is 0 Å². The summed E-state index contributed by atoms with van der Waals surface area (Å²) in [5.41, 5.74) is 2.80. The summed E-state index contributed by atoms with van der Waals surface area (Å²) in [6.45, 7) is 1.99. The van der Waals surface area contributed by atoms with Crippen molar-refractivity contribution < 1.29 is 22.6 Å². The van der Waals surface area contributed by atoms with Gasteiger partial charge in [0.1, 0.15) is 11.5 Å². The van der Waals surface area contributed by atoms with Gasteiger partial charge in [-0.05, 0) is 25.5 Å². The van der Waals surface area contributed by atoms with Gasteiger partial charge in [0.15, 0.2) is 0 Å². The van der Waals surface area contributed by atoms with Crippen molar-refractivity contribution in [3.05, 3.63) is 22.8 Å². The van der Waals surface area contributed by atoms with Crippen molar-refractivity contribution in [2.75, 3.05) is 27.3 Å². The van der Waals surface area contributed by atoms with Crippen LogP contribution < -0.4 is 20.1 Å². The SMILES string of the molecule is CCCC1NCCc2c(OC)c(CNCC(F)(F)F)cc(OC)c21. The van der Waals surface area contributed by atoms with Gasteiger partial charge in [0, 0.05) is 29.3 Å². The van der Waals surface area contributed by atoms with Gasteiger partial charge in [0.25, 0.3) is 0 Å². The average molecular weight is 346 g/mol. The Hall–Kier alpha value is -1.47. The van der Waals surface area contributed by atoms with Crippen molar-refractivity contribution in [1.29, 1.82) is 0 Å². The summed E-state index contributed by atoms with van der Waals surface area (Å²) in [5, 5.41) is 5.92. The van der Waals surface area contributed by atoms with Crippen molar-refractivity contribution in [3.63, 3.8) is 0 Å². The average Bonchev–Trinajstić information content (AvgIpc) is 2.53. The maximum Gasteiger partial charge on any atom is 0.401 e. The van der Waals surface area contributed by atoms with E-state index in [2.05, 4.69) is 17.6 Å². The molecular formula is C17H25F3N2O2. The van der Waals surface area contributed by atoms with Crippen LogP contribution in [0.3, 0.4) is 0 Å². The molecule has 0 saturated carbocycles. The number of benzene rings is 1. The maximum atomic E-state index is 12.4.